The number of carboxylic acid groups (broad SMARTS) is 1. The molecular weight excluding hydrogens is 402 g/mol. The Hall–Kier alpha value is -3.64. The third-order valence-electron chi connectivity index (χ3n) is 5.51. The fourth-order valence-corrected chi connectivity index (χ4v) is 3.70. The molecule has 0 spiro atoms. The molecule has 2 heterocycles. The monoisotopic (exact) mass is 429 g/mol. The van der Waals surface area contributed by atoms with Crippen molar-refractivity contribution < 1.29 is 14.3 Å². The van der Waals surface area contributed by atoms with E-state index >= 15 is 0 Å². The number of aromatic nitrogens is 2. The minimum absolute atomic E-state index is 0.451. The molecular formula is C26H27N3O3. The lowest BCUT2D eigenvalue weighted by Gasteiger charge is -2.14. The third-order valence-corrected chi connectivity index (χ3v) is 5.51. The number of aliphatic carboxylic acids is 1. The van der Waals surface area contributed by atoms with Crippen LogP contribution in [0.3, 0.4) is 0 Å². The predicted molar refractivity (Wildman–Crippen MR) is 123 cm³/mol. The van der Waals surface area contributed by atoms with Gasteiger partial charge in [-0.05, 0) is 42.3 Å². The molecule has 6 heteroatoms. The molecule has 0 amide bonds. The first-order valence-corrected chi connectivity index (χ1v) is 10.8. The Morgan fingerprint density at radius 3 is 2.41 bits per heavy atom. The van der Waals surface area contributed by atoms with Gasteiger partial charge in [-0.15, -0.1) is 0 Å². The number of carbonyl (C=O) groups is 1. The molecule has 2 aromatic carbocycles. The highest BCUT2D eigenvalue weighted by Crippen LogP contribution is 2.21. The van der Waals surface area contributed by atoms with Gasteiger partial charge in [0.25, 0.3) is 0 Å². The molecule has 2 N–H and O–H groups in total. The average Bonchev–Trinajstić information content (AvgIpc) is 3.46. The molecule has 4 rings (SSSR count). The average molecular weight is 430 g/mol. The molecule has 0 aliphatic carbocycles. The van der Waals surface area contributed by atoms with Crippen molar-refractivity contribution in [2.45, 2.75) is 32.4 Å². The van der Waals surface area contributed by atoms with Crippen molar-refractivity contribution in [3.63, 3.8) is 0 Å². The van der Waals surface area contributed by atoms with Gasteiger partial charge < -0.3 is 19.4 Å². The van der Waals surface area contributed by atoms with E-state index in [1.807, 2.05) is 73.7 Å². The maximum absolute atomic E-state index is 11.6. The number of aryl methyl sites for hydroxylation is 1. The molecule has 0 aliphatic heterocycles. The quantitative estimate of drug-likeness (QED) is 0.359. The van der Waals surface area contributed by atoms with Gasteiger partial charge in [0.05, 0.1) is 5.69 Å². The van der Waals surface area contributed by atoms with Gasteiger partial charge in [0, 0.05) is 43.9 Å². The molecule has 4 aromatic rings. The Kier molecular flexibility index (Phi) is 6.82. The smallest absolute Gasteiger partial charge is 0.327 e. The number of oxazole rings is 1. The number of rotatable bonds is 10. The van der Waals surface area contributed by atoms with Crippen molar-refractivity contribution in [3.8, 4) is 11.5 Å². The number of carboxylic acids is 1. The Labute approximate surface area is 187 Å². The van der Waals surface area contributed by atoms with Crippen molar-refractivity contribution in [3.05, 3.63) is 102 Å². The van der Waals surface area contributed by atoms with Gasteiger partial charge in [-0.2, -0.15) is 0 Å². The maximum atomic E-state index is 11.6. The molecule has 0 bridgehead atoms. The van der Waals surface area contributed by atoms with Gasteiger partial charge in [0.1, 0.15) is 11.8 Å². The van der Waals surface area contributed by atoms with Crippen molar-refractivity contribution in [1.29, 1.82) is 0 Å². The van der Waals surface area contributed by atoms with E-state index in [2.05, 4.69) is 10.3 Å². The van der Waals surface area contributed by atoms with Gasteiger partial charge in [0.15, 0.2) is 0 Å². The van der Waals surface area contributed by atoms with Crippen LogP contribution in [0.15, 0.2) is 83.5 Å². The number of hydrogen-bond acceptors (Lipinski definition) is 4. The van der Waals surface area contributed by atoms with E-state index in [1.165, 1.54) is 0 Å². The zero-order valence-corrected chi connectivity index (χ0v) is 18.1. The molecule has 1 atom stereocenters. The normalized spacial score (nSPS) is 12.0. The molecule has 0 saturated carbocycles. The second kappa shape index (κ2) is 10.1. The molecule has 6 nitrogen and oxygen atoms in total. The highest BCUT2D eigenvalue weighted by molar-refractivity contribution is 5.72. The summed E-state index contributed by atoms with van der Waals surface area (Å²) < 4.78 is 7.55. The summed E-state index contributed by atoms with van der Waals surface area (Å²) >= 11 is 0. The molecule has 1 unspecified atom stereocenters. The zero-order valence-electron chi connectivity index (χ0n) is 18.1. The summed E-state index contributed by atoms with van der Waals surface area (Å²) in [6.07, 6.45) is 4.82. The third kappa shape index (κ3) is 5.34. The minimum atomic E-state index is -0.828. The number of hydrogen-bond donors (Lipinski definition) is 2. The fraction of sp³-hybridized carbons (Fsp3) is 0.231. The van der Waals surface area contributed by atoms with Crippen molar-refractivity contribution in [1.82, 2.24) is 14.9 Å². The lowest BCUT2D eigenvalue weighted by atomic mass is 10.0. The van der Waals surface area contributed by atoms with Crippen LogP contribution >= 0.6 is 0 Å². The van der Waals surface area contributed by atoms with Gasteiger partial charge in [-0.1, -0.05) is 42.5 Å². The van der Waals surface area contributed by atoms with E-state index in [1.54, 1.807) is 17.0 Å². The summed E-state index contributed by atoms with van der Waals surface area (Å²) in [7, 11) is 0. The van der Waals surface area contributed by atoms with E-state index < -0.39 is 12.0 Å². The second-order valence-electron chi connectivity index (χ2n) is 7.82. The topological polar surface area (TPSA) is 80.3 Å². The molecule has 164 valence electrons. The standard InChI is InChI=1S/C26H27N3O3/c1-19-23(28-25(32-19)22-7-3-2-4-8-22)13-14-27-18-21-11-9-20(10-12-21)17-24(26(30)31)29-15-5-6-16-29/h2-12,15-16,24,27H,13-14,17-18H2,1H3,(H,30,31). The van der Waals surface area contributed by atoms with Crippen molar-refractivity contribution in [2.75, 3.05) is 6.54 Å². The van der Waals surface area contributed by atoms with Crippen LogP contribution in [-0.4, -0.2) is 27.2 Å². The molecule has 0 aliphatic rings. The number of nitrogens with zero attached hydrogens (tertiary/aromatic N) is 2. The summed E-state index contributed by atoms with van der Waals surface area (Å²) in [6.45, 7) is 3.48. The number of benzene rings is 2. The molecule has 32 heavy (non-hydrogen) atoms. The summed E-state index contributed by atoms with van der Waals surface area (Å²) in [5.41, 5.74) is 4.11. The highest BCUT2D eigenvalue weighted by Gasteiger charge is 2.19. The van der Waals surface area contributed by atoms with E-state index in [-0.39, 0.29) is 0 Å². The SMILES string of the molecule is Cc1oc(-c2ccccc2)nc1CCNCc1ccc(CC(C(=O)O)n2cccc2)cc1. The van der Waals surface area contributed by atoms with Gasteiger partial charge >= 0.3 is 5.97 Å². The van der Waals surface area contributed by atoms with Gasteiger partial charge in [0.2, 0.25) is 5.89 Å². The molecule has 2 aromatic heterocycles. The van der Waals surface area contributed by atoms with Crippen LogP contribution in [0.1, 0.15) is 28.6 Å². The van der Waals surface area contributed by atoms with Gasteiger partial charge in [-0.3, -0.25) is 0 Å². The first-order chi connectivity index (χ1) is 15.6. The Morgan fingerprint density at radius 1 is 1.03 bits per heavy atom. The first kappa shape index (κ1) is 21.6. The Balaban J connectivity index is 1.27. The van der Waals surface area contributed by atoms with E-state index in [9.17, 15) is 9.90 Å². The lowest BCUT2D eigenvalue weighted by molar-refractivity contribution is -0.140. The van der Waals surface area contributed by atoms with E-state index in [0.717, 1.165) is 47.7 Å². The first-order valence-electron chi connectivity index (χ1n) is 10.8. The van der Waals surface area contributed by atoms with Crippen molar-refractivity contribution >= 4 is 5.97 Å². The number of nitrogens with one attached hydrogen (secondary N) is 1. The van der Waals surface area contributed by atoms with Crippen LogP contribution in [0.25, 0.3) is 11.5 Å². The highest BCUT2D eigenvalue weighted by atomic mass is 16.4. The molecule has 0 radical (unpaired) electrons. The van der Waals surface area contributed by atoms with E-state index in [0.29, 0.717) is 12.3 Å². The Bertz CT molecular complexity index is 1130. The molecule has 0 saturated heterocycles. The van der Waals surface area contributed by atoms with Crippen LogP contribution < -0.4 is 5.32 Å². The van der Waals surface area contributed by atoms with Crippen molar-refractivity contribution in [2.24, 2.45) is 0 Å². The summed E-state index contributed by atoms with van der Waals surface area (Å²) in [4.78, 5) is 16.3. The lowest BCUT2D eigenvalue weighted by Crippen LogP contribution is -2.20. The second-order valence-corrected chi connectivity index (χ2v) is 7.82. The van der Waals surface area contributed by atoms with Gasteiger partial charge in [-0.25, -0.2) is 9.78 Å². The summed E-state index contributed by atoms with van der Waals surface area (Å²) in [6, 6.07) is 21.1. The molecule has 0 fully saturated rings. The van der Waals surface area contributed by atoms with Crippen LogP contribution in [0.4, 0.5) is 0 Å². The zero-order chi connectivity index (χ0) is 22.3. The van der Waals surface area contributed by atoms with Crippen LogP contribution in [0, 0.1) is 6.92 Å². The van der Waals surface area contributed by atoms with Crippen LogP contribution in [-0.2, 0) is 24.2 Å². The van der Waals surface area contributed by atoms with E-state index in [4.69, 9.17) is 4.42 Å². The summed E-state index contributed by atoms with van der Waals surface area (Å²) in [5.74, 6) is 0.685. The predicted octanol–water partition coefficient (Wildman–Crippen LogP) is 4.65. The maximum Gasteiger partial charge on any atom is 0.327 e. The summed E-state index contributed by atoms with van der Waals surface area (Å²) in [5, 5.41) is 13.0. The van der Waals surface area contributed by atoms with Crippen LogP contribution in [0.5, 0.6) is 0 Å². The fourth-order valence-electron chi connectivity index (χ4n) is 3.70. The minimum Gasteiger partial charge on any atom is -0.480 e. The Morgan fingerprint density at radius 2 is 1.72 bits per heavy atom. The van der Waals surface area contributed by atoms with Crippen LogP contribution in [0.2, 0.25) is 0 Å². The largest absolute Gasteiger partial charge is 0.480 e.